The normalized spacial score (nSPS) is 16.6. The molecule has 1 aliphatic carbocycles. The number of carboxylic acids is 1. The van der Waals surface area contributed by atoms with Gasteiger partial charge in [-0.2, -0.15) is 0 Å². The van der Waals surface area contributed by atoms with E-state index in [2.05, 4.69) is 22.6 Å². The number of aromatic nitrogens is 1. The van der Waals surface area contributed by atoms with Gasteiger partial charge in [0.15, 0.2) is 0 Å². The van der Waals surface area contributed by atoms with Crippen LogP contribution in [-0.2, 0) is 6.54 Å². The third-order valence-corrected chi connectivity index (χ3v) is 3.35. The van der Waals surface area contributed by atoms with Crippen molar-refractivity contribution in [2.24, 2.45) is 5.92 Å². The summed E-state index contributed by atoms with van der Waals surface area (Å²) in [4.78, 5) is 10.9. The molecule has 0 radical (unpaired) electrons. The summed E-state index contributed by atoms with van der Waals surface area (Å²) >= 11 is 2.15. The SMILES string of the molecule is O=C(O)c1cc(I)cn1CC1CCC1. The number of nitrogens with zero attached hydrogens (tertiary/aromatic N) is 1. The molecule has 3 nitrogen and oxygen atoms in total. The van der Waals surface area contributed by atoms with E-state index in [1.807, 2.05) is 10.8 Å². The average Bonchev–Trinajstić information content (AvgIpc) is 2.39. The zero-order valence-corrected chi connectivity index (χ0v) is 9.90. The first-order valence-electron chi connectivity index (χ1n) is 4.76. The maximum Gasteiger partial charge on any atom is 0.352 e. The van der Waals surface area contributed by atoms with Crippen LogP contribution in [0.4, 0.5) is 0 Å². The summed E-state index contributed by atoms with van der Waals surface area (Å²) in [7, 11) is 0. The van der Waals surface area contributed by atoms with Gasteiger partial charge in [-0.15, -0.1) is 0 Å². The maximum absolute atomic E-state index is 10.9. The van der Waals surface area contributed by atoms with Gasteiger partial charge >= 0.3 is 5.97 Å². The first kappa shape index (κ1) is 10.0. The largest absolute Gasteiger partial charge is 0.477 e. The molecule has 0 aliphatic heterocycles. The first-order valence-corrected chi connectivity index (χ1v) is 5.83. The summed E-state index contributed by atoms with van der Waals surface area (Å²) in [5.74, 6) is -0.136. The van der Waals surface area contributed by atoms with Gasteiger partial charge in [0.25, 0.3) is 0 Å². The number of carbonyl (C=O) groups is 1. The molecule has 1 aromatic heterocycles. The van der Waals surface area contributed by atoms with Crippen molar-refractivity contribution in [1.29, 1.82) is 0 Å². The van der Waals surface area contributed by atoms with Crippen LogP contribution in [0.3, 0.4) is 0 Å². The molecule has 0 unspecified atom stereocenters. The minimum Gasteiger partial charge on any atom is -0.477 e. The van der Waals surface area contributed by atoms with Gasteiger partial charge in [-0.05, 0) is 47.4 Å². The molecular weight excluding hydrogens is 293 g/mol. The van der Waals surface area contributed by atoms with E-state index < -0.39 is 5.97 Å². The number of rotatable bonds is 3. The molecule has 4 heteroatoms. The molecule has 0 aromatic carbocycles. The van der Waals surface area contributed by atoms with Crippen molar-refractivity contribution in [1.82, 2.24) is 4.57 Å². The van der Waals surface area contributed by atoms with Crippen molar-refractivity contribution in [3.63, 3.8) is 0 Å². The predicted octanol–water partition coefficient (Wildman–Crippen LogP) is 2.59. The minimum absolute atomic E-state index is 0.418. The molecule has 0 atom stereocenters. The minimum atomic E-state index is -0.827. The average molecular weight is 305 g/mol. The Bertz CT molecular complexity index is 355. The van der Waals surface area contributed by atoms with Gasteiger partial charge in [-0.3, -0.25) is 0 Å². The van der Waals surface area contributed by atoms with Crippen LogP contribution in [0.15, 0.2) is 12.3 Å². The fourth-order valence-electron chi connectivity index (χ4n) is 1.76. The Morgan fingerprint density at radius 3 is 2.86 bits per heavy atom. The summed E-state index contributed by atoms with van der Waals surface area (Å²) in [6.07, 6.45) is 5.70. The monoisotopic (exact) mass is 305 g/mol. The quantitative estimate of drug-likeness (QED) is 0.872. The topological polar surface area (TPSA) is 42.2 Å². The zero-order chi connectivity index (χ0) is 10.1. The molecule has 1 N–H and O–H groups in total. The van der Waals surface area contributed by atoms with Crippen LogP contribution in [0, 0.1) is 9.49 Å². The summed E-state index contributed by atoms with van der Waals surface area (Å²) in [6.45, 7) is 0.866. The van der Waals surface area contributed by atoms with E-state index in [1.165, 1.54) is 19.3 Å². The van der Waals surface area contributed by atoms with Gasteiger partial charge < -0.3 is 9.67 Å². The predicted molar refractivity (Wildman–Crippen MR) is 61.4 cm³/mol. The fourth-order valence-corrected chi connectivity index (χ4v) is 2.39. The molecule has 1 aliphatic rings. The Morgan fingerprint density at radius 2 is 2.36 bits per heavy atom. The third kappa shape index (κ3) is 1.94. The lowest BCUT2D eigenvalue weighted by Gasteiger charge is -2.26. The zero-order valence-electron chi connectivity index (χ0n) is 7.74. The Balaban J connectivity index is 2.17. The van der Waals surface area contributed by atoms with Gasteiger partial charge in [-0.1, -0.05) is 6.42 Å². The lowest BCUT2D eigenvalue weighted by atomic mass is 9.85. The van der Waals surface area contributed by atoms with Gasteiger partial charge in [0.2, 0.25) is 0 Å². The first-order chi connectivity index (χ1) is 6.66. The van der Waals surface area contributed by atoms with E-state index in [1.54, 1.807) is 6.07 Å². The van der Waals surface area contributed by atoms with Crippen LogP contribution in [0.25, 0.3) is 0 Å². The second kappa shape index (κ2) is 3.92. The van der Waals surface area contributed by atoms with Crippen molar-refractivity contribution < 1.29 is 9.90 Å². The standard InChI is InChI=1S/C10H12INO2/c11-8-4-9(10(13)14)12(6-8)5-7-2-1-3-7/h4,6-7H,1-3,5H2,(H,13,14). The Kier molecular flexibility index (Phi) is 2.80. The van der Waals surface area contributed by atoms with Crippen LogP contribution >= 0.6 is 22.6 Å². The lowest BCUT2D eigenvalue weighted by molar-refractivity contribution is 0.0682. The Morgan fingerprint density at radius 1 is 1.64 bits per heavy atom. The lowest BCUT2D eigenvalue weighted by Crippen LogP contribution is -2.20. The number of aromatic carboxylic acids is 1. The van der Waals surface area contributed by atoms with Crippen molar-refractivity contribution in [2.45, 2.75) is 25.8 Å². The molecule has 2 rings (SSSR count). The third-order valence-electron chi connectivity index (χ3n) is 2.76. The van der Waals surface area contributed by atoms with E-state index in [9.17, 15) is 4.79 Å². The van der Waals surface area contributed by atoms with E-state index in [-0.39, 0.29) is 0 Å². The Hall–Kier alpha value is -0.520. The molecule has 1 aromatic rings. The van der Waals surface area contributed by atoms with Crippen molar-refractivity contribution in [3.8, 4) is 0 Å². The molecule has 14 heavy (non-hydrogen) atoms. The smallest absolute Gasteiger partial charge is 0.352 e. The van der Waals surface area contributed by atoms with Crippen LogP contribution in [0.1, 0.15) is 29.8 Å². The molecule has 1 heterocycles. The summed E-state index contributed by atoms with van der Waals surface area (Å²) in [6, 6.07) is 1.72. The number of hydrogen-bond acceptors (Lipinski definition) is 1. The summed E-state index contributed by atoms with van der Waals surface area (Å²) in [5, 5.41) is 8.96. The van der Waals surface area contributed by atoms with Gasteiger partial charge in [0.05, 0.1) is 0 Å². The summed E-state index contributed by atoms with van der Waals surface area (Å²) < 4.78 is 2.87. The number of hydrogen-bond donors (Lipinski definition) is 1. The highest BCUT2D eigenvalue weighted by molar-refractivity contribution is 14.1. The molecule has 1 saturated carbocycles. The molecule has 0 saturated heterocycles. The maximum atomic E-state index is 10.9. The molecular formula is C10H12INO2. The molecule has 0 spiro atoms. The van der Waals surface area contributed by atoms with Crippen LogP contribution in [-0.4, -0.2) is 15.6 Å². The molecule has 76 valence electrons. The van der Waals surface area contributed by atoms with E-state index in [0.717, 1.165) is 10.1 Å². The van der Waals surface area contributed by atoms with E-state index in [0.29, 0.717) is 11.6 Å². The highest BCUT2D eigenvalue weighted by Gasteiger charge is 2.20. The molecule has 0 amide bonds. The summed E-state index contributed by atoms with van der Waals surface area (Å²) in [5.41, 5.74) is 0.418. The Labute approximate surface area is 96.3 Å². The van der Waals surface area contributed by atoms with Crippen LogP contribution in [0.5, 0.6) is 0 Å². The second-order valence-corrected chi connectivity index (χ2v) is 5.04. The van der Waals surface area contributed by atoms with Gasteiger partial charge in [0.1, 0.15) is 5.69 Å². The highest BCUT2D eigenvalue weighted by atomic mass is 127. The van der Waals surface area contributed by atoms with E-state index in [4.69, 9.17) is 5.11 Å². The van der Waals surface area contributed by atoms with Gasteiger partial charge in [-0.25, -0.2) is 4.79 Å². The second-order valence-electron chi connectivity index (χ2n) is 3.80. The molecule has 0 bridgehead atoms. The highest BCUT2D eigenvalue weighted by Crippen LogP contribution is 2.28. The van der Waals surface area contributed by atoms with Crippen molar-refractivity contribution >= 4 is 28.6 Å². The number of carboxylic acid groups (broad SMARTS) is 1. The van der Waals surface area contributed by atoms with Crippen molar-refractivity contribution in [2.75, 3.05) is 0 Å². The van der Waals surface area contributed by atoms with Crippen LogP contribution < -0.4 is 0 Å². The van der Waals surface area contributed by atoms with E-state index >= 15 is 0 Å². The fraction of sp³-hybridized carbons (Fsp3) is 0.500. The molecule has 1 fully saturated rings. The van der Waals surface area contributed by atoms with Crippen molar-refractivity contribution in [3.05, 3.63) is 21.5 Å². The van der Waals surface area contributed by atoms with Gasteiger partial charge in [0, 0.05) is 16.3 Å². The number of halogens is 1. The van der Waals surface area contributed by atoms with Crippen LogP contribution in [0.2, 0.25) is 0 Å².